The zero-order valence-corrected chi connectivity index (χ0v) is 13.8. The van der Waals surface area contributed by atoms with Crippen LogP contribution in [0.4, 0.5) is 0 Å². The number of aryl methyl sites for hydroxylation is 2. The van der Waals surface area contributed by atoms with E-state index in [0.29, 0.717) is 11.9 Å². The molecule has 1 aliphatic heterocycles. The van der Waals surface area contributed by atoms with E-state index in [1.165, 1.54) is 12.8 Å². The third-order valence-corrected chi connectivity index (χ3v) is 4.09. The van der Waals surface area contributed by atoms with Crippen LogP contribution in [0, 0.1) is 6.92 Å². The Bertz CT molecular complexity index is 611. The molecule has 1 saturated heterocycles. The van der Waals surface area contributed by atoms with E-state index in [4.69, 9.17) is 4.52 Å². The van der Waals surface area contributed by atoms with E-state index in [2.05, 4.69) is 30.3 Å². The minimum atomic E-state index is 0.462. The molecule has 3 rings (SSSR count). The van der Waals surface area contributed by atoms with Crippen molar-refractivity contribution in [3.8, 4) is 0 Å². The van der Waals surface area contributed by atoms with Gasteiger partial charge in [0, 0.05) is 37.9 Å². The normalized spacial score (nSPS) is 19.1. The lowest BCUT2D eigenvalue weighted by Gasteiger charge is -2.32. The van der Waals surface area contributed by atoms with E-state index >= 15 is 0 Å². The molecule has 7 nitrogen and oxygen atoms in total. The Morgan fingerprint density at radius 2 is 2.26 bits per heavy atom. The Morgan fingerprint density at radius 1 is 1.35 bits per heavy atom. The summed E-state index contributed by atoms with van der Waals surface area (Å²) in [6.45, 7) is 7.56. The van der Waals surface area contributed by atoms with Crippen LogP contribution in [-0.4, -0.2) is 44.1 Å². The molecule has 1 N–H and O–H groups in total. The molecule has 7 heteroatoms. The molecule has 0 amide bonds. The van der Waals surface area contributed by atoms with Crippen LogP contribution >= 0.6 is 0 Å². The van der Waals surface area contributed by atoms with Crippen molar-refractivity contribution in [3.63, 3.8) is 0 Å². The largest absolute Gasteiger partial charge is 0.339 e. The lowest BCUT2D eigenvalue weighted by molar-refractivity contribution is 0.177. The van der Waals surface area contributed by atoms with Crippen LogP contribution in [0.3, 0.4) is 0 Å². The third-order valence-electron chi connectivity index (χ3n) is 4.09. The Balaban J connectivity index is 1.48. The zero-order valence-electron chi connectivity index (χ0n) is 13.8. The number of rotatable bonds is 6. The number of nitrogens with one attached hydrogen (secondary N) is 1. The van der Waals surface area contributed by atoms with Crippen molar-refractivity contribution >= 4 is 0 Å². The molecule has 124 valence electrons. The lowest BCUT2D eigenvalue weighted by atomic mass is 10.1. The highest BCUT2D eigenvalue weighted by Crippen LogP contribution is 2.13. The summed E-state index contributed by atoms with van der Waals surface area (Å²) >= 11 is 0. The van der Waals surface area contributed by atoms with Crippen molar-refractivity contribution in [1.82, 2.24) is 30.3 Å². The second-order valence-corrected chi connectivity index (χ2v) is 6.06. The monoisotopic (exact) mass is 316 g/mol. The maximum atomic E-state index is 5.18. The number of aromatic nitrogens is 4. The van der Waals surface area contributed by atoms with E-state index in [0.717, 1.165) is 49.8 Å². The average Bonchev–Trinajstić information content (AvgIpc) is 3.02. The molecule has 1 atom stereocenters. The first-order chi connectivity index (χ1) is 11.2. The molecule has 1 fully saturated rings. The molecular formula is C16H24N6O. The highest BCUT2D eigenvalue weighted by atomic mass is 16.5. The Labute approximate surface area is 136 Å². The lowest BCUT2D eigenvalue weighted by Crippen LogP contribution is -2.45. The highest BCUT2D eigenvalue weighted by molar-refractivity contribution is 5.00. The van der Waals surface area contributed by atoms with Crippen molar-refractivity contribution in [2.75, 3.05) is 13.1 Å². The molecule has 0 bridgehead atoms. The van der Waals surface area contributed by atoms with Crippen LogP contribution in [0.1, 0.15) is 42.9 Å². The van der Waals surface area contributed by atoms with E-state index in [9.17, 15) is 0 Å². The second kappa shape index (κ2) is 7.61. The topological polar surface area (TPSA) is 80.0 Å². The van der Waals surface area contributed by atoms with Gasteiger partial charge in [-0.25, -0.2) is 0 Å². The van der Waals surface area contributed by atoms with Gasteiger partial charge in [-0.05, 0) is 26.3 Å². The van der Waals surface area contributed by atoms with Gasteiger partial charge in [-0.1, -0.05) is 12.1 Å². The molecule has 2 aromatic heterocycles. The van der Waals surface area contributed by atoms with Crippen molar-refractivity contribution in [3.05, 3.63) is 35.5 Å². The summed E-state index contributed by atoms with van der Waals surface area (Å²) < 4.78 is 5.18. The van der Waals surface area contributed by atoms with Crippen molar-refractivity contribution in [2.24, 2.45) is 0 Å². The first-order valence-corrected chi connectivity index (χ1v) is 8.27. The van der Waals surface area contributed by atoms with Gasteiger partial charge in [0.05, 0.1) is 17.9 Å². The Morgan fingerprint density at radius 3 is 3.00 bits per heavy atom. The van der Waals surface area contributed by atoms with Gasteiger partial charge in [-0.15, -0.1) is 0 Å². The minimum absolute atomic E-state index is 0.462. The molecule has 0 aliphatic carbocycles. The van der Waals surface area contributed by atoms with Gasteiger partial charge in [-0.3, -0.25) is 14.9 Å². The number of hydrogen-bond donors (Lipinski definition) is 1. The molecule has 23 heavy (non-hydrogen) atoms. The Kier molecular flexibility index (Phi) is 5.30. The molecule has 1 aliphatic rings. The summed E-state index contributed by atoms with van der Waals surface area (Å²) in [6.07, 6.45) is 6.80. The standard InChI is InChI=1S/C16H24N6O/c1-3-16-20-15(21-23-16)11-22-6-4-5-13(10-22)19-9-14-8-17-12(2)7-18-14/h7-8,13,19H,3-6,9-11H2,1-2H3/t13-/m0/s1. The smallest absolute Gasteiger partial charge is 0.226 e. The van der Waals surface area contributed by atoms with E-state index in [1.807, 2.05) is 26.2 Å². The van der Waals surface area contributed by atoms with Crippen molar-refractivity contribution in [2.45, 2.75) is 52.2 Å². The fourth-order valence-electron chi connectivity index (χ4n) is 2.82. The molecule has 0 spiro atoms. The van der Waals surface area contributed by atoms with Gasteiger partial charge in [0.25, 0.3) is 0 Å². The van der Waals surface area contributed by atoms with Crippen LogP contribution in [0.2, 0.25) is 0 Å². The number of likely N-dealkylation sites (tertiary alicyclic amines) is 1. The second-order valence-electron chi connectivity index (χ2n) is 6.06. The summed E-state index contributed by atoms with van der Waals surface area (Å²) in [6, 6.07) is 0.462. The fraction of sp³-hybridized carbons (Fsp3) is 0.625. The number of nitrogens with zero attached hydrogens (tertiary/aromatic N) is 5. The predicted octanol–water partition coefficient (Wildman–Crippen LogP) is 1.48. The van der Waals surface area contributed by atoms with Crippen LogP contribution in [-0.2, 0) is 19.5 Å². The minimum Gasteiger partial charge on any atom is -0.339 e. The van der Waals surface area contributed by atoms with E-state index < -0.39 is 0 Å². The van der Waals surface area contributed by atoms with Gasteiger partial charge in [0.2, 0.25) is 5.89 Å². The fourth-order valence-corrected chi connectivity index (χ4v) is 2.82. The molecule has 2 aromatic rings. The molecule has 0 aromatic carbocycles. The van der Waals surface area contributed by atoms with Gasteiger partial charge in [0.15, 0.2) is 5.82 Å². The maximum absolute atomic E-state index is 5.18. The summed E-state index contributed by atoms with van der Waals surface area (Å²) in [5.41, 5.74) is 1.93. The van der Waals surface area contributed by atoms with Crippen LogP contribution in [0.25, 0.3) is 0 Å². The molecule has 0 radical (unpaired) electrons. The average molecular weight is 316 g/mol. The molecular weight excluding hydrogens is 292 g/mol. The summed E-state index contributed by atoms with van der Waals surface area (Å²) in [4.78, 5) is 15.4. The summed E-state index contributed by atoms with van der Waals surface area (Å²) in [7, 11) is 0. The van der Waals surface area contributed by atoms with E-state index in [1.54, 1.807) is 0 Å². The molecule has 0 saturated carbocycles. The first-order valence-electron chi connectivity index (χ1n) is 8.27. The van der Waals surface area contributed by atoms with Crippen molar-refractivity contribution < 1.29 is 4.52 Å². The van der Waals surface area contributed by atoms with Gasteiger partial charge in [-0.2, -0.15) is 4.98 Å². The molecule has 0 unspecified atom stereocenters. The first kappa shape index (κ1) is 16.0. The van der Waals surface area contributed by atoms with Crippen LogP contribution in [0.5, 0.6) is 0 Å². The van der Waals surface area contributed by atoms with Crippen molar-refractivity contribution in [1.29, 1.82) is 0 Å². The third kappa shape index (κ3) is 4.56. The summed E-state index contributed by atoms with van der Waals surface area (Å²) in [5, 5.41) is 7.62. The zero-order chi connectivity index (χ0) is 16.1. The van der Waals surface area contributed by atoms with Gasteiger partial charge in [0.1, 0.15) is 0 Å². The van der Waals surface area contributed by atoms with Gasteiger partial charge < -0.3 is 9.84 Å². The SMILES string of the molecule is CCc1nc(CN2CCC[C@H](NCc3cnc(C)cn3)C2)no1. The Hall–Kier alpha value is -1.86. The predicted molar refractivity (Wildman–Crippen MR) is 85.6 cm³/mol. The molecule has 3 heterocycles. The maximum Gasteiger partial charge on any atom is 0.226 e. The van der Waals surface area contributed by atoms with Crippen LogP contribution in [0.15, 0.2) is 16.9 Å². The highest BCUT2D eigenvalue weighted by Gasteiger charge is 2.21. The number of hydrogen-bond acceptors (Lipinski definition) is 7. The quantitative estimate of drug-likeness (QED) is 0.864. The van der Waals surface area contributed by atoms with E-state index in [-0.39, 0.29) is 0 Å². The summed E-state index contributed by atoms with van der Waals surface area (Å²) in [5.74, 6) is 1.50. The van der Waals surface area contributed by atoms with Gasteiger partial charge >= 0.3 is 0 Å². The van der Waals surface area contributed by atoms with Crippen LogP contribution < -0.4 is 5.32 Å². The number of piperidine rings is 1.